The molecule has 0 saturated carbocycles. The average molecular weight is 386 g/mol. The van der Waals surface area contributed by atoms with E-state index < -0.39 is 0 Å². The summed E-state index contributed by atoms with van der Waals surface area (Å²) in [5.74, 6) is 1.49. The Bertz CT molecular complexity index is 1010. The van der Waals surface area contributed by atoms with E-state index in [4.69, 9.17) is 9.97 Å². The number of unbranched alkanes of at least 4 members (excludes halogenated alkanes) is 1. The van der Waals surface area contributed by atoms with Gasteiger partial charge in [-0.3, -0.25) is 4.79 Å². The van der Waals surface area contributed by atoms with Crippen LogP contribution < -0.4 is 0 Å². The van der Waals surface area contributed by atoms with E-state index in [-0.39, 0.29) is 11.7 Å². The molecule has 0 radical (unpaired) electrons. The Morgan fingerprint density at radius 2 is 2.15 bits per heavy atom. The van der Waals surface area contributed by atoms with Gasteiger partial charge in [-0.2, -0.15) is 4.52 Å². The second-order valence-corrected chi connectivity index (χ2v) is 8.56. The van der Waals surface area contributed by atoms with Crippen molar-refractivity contribution < 1.29 is 4.79 Å². The summed E-state index contributed by atoms with van der Waals surface area (Å²) in [6, 6.07) is 0. The Kier molecular flexibility index (Phi) is 4.88. The molecule has 0 saturated heterocycles. The van der Waals surface area contributed by atoms with Gasteiger partial charge in [0.25, 0.3) is 5.91 Å². The number of fused-ring (bicyclic) bond motifs is 5. The highest BCUT2D eigenvalue weighted by Crippen LogP contribution is 2.42. The van der Waals surface area contributed by atoms with Crippen LogP contribution in [0.1, 0.15) is 79.3 Å². The summed E-state index contributed by atoms with van der Waals surface area (Å²) in [5, 5.41) is 5.66. The second kappa shape index (κ2) is 7.19. The molecule has 0 aliphatic heterocycles. The van der Waals surface area contributed by atoms with Crippen LogP contribution in [-0.2, 0) is 6.42 Å². The highest BCUT2D eigenvalue weighted by Gasteiger charge is 2.27. The molecule has 3 aromatic heterocycles. The molecule has 1 aliphatic carbocycles. The number of aromatic nitrogens is 4. The standard InChI is InChI=1S/C20H27N5OS/c1-5-7-11-24(6-2)20(26)17-22-18-16-15-12(3)9-8-10-14(15)27-19(16)21-13(4)25(18)23-17/h12H,5-11H2,1-4H3/t12-/m0/s1. The quantitative estimate of drug-likeness (QED) is 0.655. The van der Waals surface area contributed by atoms with Gasteiger partial charge in [0.1, 0.15) is 10.7 Å². The molecule has 0 unspecified atom stereocenters. The maximum Gasteiger partial charge on any atom is 0.293 e. The molecule has 0 fully saturated rings. The molecular weight excluding hydrogens is 358 g/mol. The smallest absolute Gasteiger partial charge is 0.293 e. The molecule has 6 nitrogen and oxygen atoms in total. The Morgan fingerprint density at radius 1 is 1.33 bits per heavy atom. The molecule has 0 N–H and O–H groups in total. The van der Waals surface area contributed by atoms with Crippen molar-refractivity contribution in [2.45, 2.75) is 65.7 Å². The van der Waals surface area contributed by atoms with E-state index in [1.165, 1.54) is 23.3 Å². The highest BCUT2D eigenvalue weighted by atomic mass is 32.1. The number of nitrogens with zero attached hydrogens (tertiary/aromatic N) is 5. The monoisotopic (exact) mass is 385 g/mol. The summed E-state index contributed by atoms with van der Waals surface area (Å²) < 4.78 is 1.76. The number of hydrogen-bond acceptors (Lipinski definition) is 5. The minimum atomic E-state index is -0.0839. The molecule has 1 aliphatic rings. The van der Waals surface area contributed by atoms with E-state index in [0.29, 0.717) is 12.5 Å². The fourth-order valence-electron chi connectivity index (χ4n) is 4.07. The molecule has 4 rings (SSSR count). The number of hydrogen-bond donors (Lipinski definition) is 0. The third-order valence-electron chi connectivity index (χ3n) is 5.58. The lowest BCUT2D eigenvalue weighted by Crippen LogP contribution is -2.32. The predicted molar refractivity (Wildman–Crippen MR) is 109 cm³/mol. The summed E-state index contributed by atoms with van der Waals surface area (Å²) in [7, 11) is 0. The molecule has 7 heteroatoms. The number of carbonyl (C=O) groups is 1. The first-order chi connectivity index (χ1) is 13.0. The molecule has 27 heavy (non-hydrogen) atoms. The normalized spacial score (nSPS) is 16.8. The maximum atomic E-state index is 13.0. The summed E-state index contributed by atoms with van der Waals surface area (Å²) in [5.41, 5.74) is 2.17. The zero-order valence-corrected chi connectivity index (χ0v) is 17.4. The van der Waals surface area contributed by atoms with Crippen molar-refractivity contribution >= 4 is 33.1 Å². The number of rotatable bonds is 5. The topological polar surface area (TPSA) is 63.4 Å². The molecule has 0 aromatic carbocycles. The van der Waals surface area contributed by atoms with Crippen LogP contribution in [0.3, 0.4) is 0 Å². The Morgan fingerprint density at radius 3 is 2.89 bits per heavy atom. The van der Waals surface area contributed by atoms with E-state index in [0.717, 1.165) is 47.5 Å². The van der Waals surface area contributed by atoms with Crippen LogP contribution in [0.5, 0.6) is 0 Å². The van der Waals surface area contributed by atoms with Crippen molar-refractivity contribution in [2.75, 3.05) is 13.1 Å². The summed E-state index contributed by atoms with van der Waals surface area (Å²) in [4.78, 5) is 26.8. The van der Waals surface area contributed by atoms with Crippen LogP contribution in [-0.4, -0.2) is 43.5 Å². The SMILES string of the molecule is CCCCN(CC)C(=O)c1nc2c3c4c(sc3nc(C)n2n1)CCC[C@@H]4C. The number of carbonyl (C=O) groups excluding carboxylic acids is 1. The lowest BCUT2D eigenvalue weighted by atomic mass is 9.87. The second-order valence-electron chi connectivity index (χ2n) is 7.48. The molecule has 1 atom stereocenters. The summed E-state index contributed by atoms with van der Waals surface area (Å²) >= 11 is 1.78. The van der Waals surface area contributed by atoms with Gasteiger partial charge in [-0.15, -0.1) is 16.4 Å². The first kappa shape index (κ1) is 18.3. The maximum absolute atomic E-state index is 13.0. The van der Waals surface area contributed by atoms with E-state index in [9.17, 15) is 4.79 Å². The zero-order chi connectivity index (χ0) is 19.1. The summed E-state index contributed by atoms with van der Waals surface area (Å²) in [6.45, 7) is 9.78. The molecule has 3 heterocycles. The van der Waals surface area contributed by atoms with E-state index in [2.05, 4.69) is 18.9 Å². The molecule has 144 valence electrons. The van der Waals surface area contributed by atoms with Crippen LogP contribution in [0.15, 0.2) is 0 Å². The molecular formula is C20H27N5OS. The van der Waals surface area contributed by atoms with Gasteiger partial charge < -0.3 is 4.90 Å². The van der Waals surface area contributed by atoms with Crippen LogP contribution in [0.4, 0.5) is 0 Å². The van der Waals surface area contributed by atoms with Gasteiger partial charge in [0, 0.05) is 18.0 Å². The van der Waals surface area contributed by atoms with Crippen molar-refractivity contribution in [2.24, 2.45) is 0 Å². The van der Waals surface area contributed by atoms with Crippen molar-refractivity contribution in [3.05, 3.63) is 22.1 Å². The Balaban J connectivity index is 1.86. The fraction of sp³-hybridized carbons (Fsp3) is 0.600. The van der Waals surface area contributed by atoms with Gasteiger partial charge in [0.05, 0.1) is 5.39 Å². The van der Waals surface area contributed by atoms with E-state index in [1.807, 2.05) is 18.7 Å². The Hall–Kier alpha value is -2.02. The number of aryl methyl sites for hydroxylation is 2. The van der Waals surface area contributed by atoms with Crippen molar-refractivity contribution in [1.82, 2.24) is 24.5 Å². The lowest BCUT2D eigenvalue weighted by Gasteiger charge is -2.18. The zero-order valence-electron chi connectivity index (χ0n) is 16.6. The van der Waals surface area contributed by atoms with Gasteiger partial charge in [-0.1, -0.05) is 20.3 Å². The fourth-order valence-corrected chi connectivity index (χ4v) is 5.44. The van der Waals surface area contributed by atoms with Crippen molar-refractivity contribution in [3.63, 3.8) is 0 Å². The van der Waals surface area contributed by atoms with Crippen LogP contribution in [0.2, 0.25) is 0 Å². The molecule has 3 aromatic rings. The molecule has 1 amide bonds. The molecule has 0 bridgehead atoms. The van der Waals surface area contributed by atoms with E-state index >= 15 is 0 Å². The minimum absolute atomic E-state index is 0.0839. The number of amides is 1. The van der Waals surface area contributed by atoms with Crippen LogP contribution >= 0.6 is 11.3 Å². The first-order valence-corrected chi connectivity index (χ1v) is 10.8. The van der Waals surface area contributed by atoms with Crippen LogP contribution in [0.25, 0.3) is 15.9 Å². The van der Waals surface area contributed by atoms with E-state index in [1.54, 1.807) is 15.9 Å². The summed E-state index contributed by atoms with van der Waals surface area (Å²) in [6.07, 6.45) is 5.60. The van der Waals surface area contributed by atoms with Gasteiger partial charge in [-0.25, -0.2) is 9.97 Å². The average Bonchev–Trinajstić information content (AvgIpc) is 3.24. The number of thiophene rings is 1. The van der Waals surface area contributed by atoms with Crippen molar-refractivity contribution in [1.29, 1.82) is 0 Å². The van der Waals surface area contributed by atoms with Crippen LogP contribution in [0, 0.1) is 6.92 Å². The Labute approximate surface area is 163 Å². The minimum Gasteiger partial charge on any atom is -0.336 e. The third kappa shape index (κ3) is 3.02. The largest absolute Gasteiger partial charge is 0.336 e. The van der Waals surface area contributed by atoms with Gasteiger partial charge in [0.2, 0.25) is 5.82 Å². The highest BCUT2D eigenvalue weighted by molar-refractivity contribution is 7.19. The van der Waals surface area contributed by atoms with Gasteiger partial charge in [0.15, 0.2) is 5.65 Å². The lowest BCUT2D eigenvalue weighted by molar-refractivity contribution is 0.0750. The van der Waals surface area contributed by atoms with Gasteiger partial charge >= 0.3 is 0 Å². The van der Waals surface area contributed by atoms with Crippen molar-refractivity contribution in [3.8, 4) is 0 Å². The third-order valence-corrected chi connectivity index (χ3v) is 6.74. The molecule has 0 spiro atoms. The van der Waals surface area contributed by atoms with Gasteiger partial charge in [-0.05, 0) is 51.0 Å². The predicted octanol–water partition coefficient (Wildman–Crippen LogP) is 4.35. The first-order valence-electron chi connectivity index (χ1n) is 10.0.